The summed E-state index contributed by atoms with van der Waals surface area (Å²) < 4.78 is 35.6. The van der Waals surface area contributed by atoms with Crippen LogP contribution in [0.4, 0.5) is 0 Å². The van der Waals surface area contributed by atoms with Crippen molar-refractivity contribution >= 4 is 43.8 Å². The molecule has 1 aromatic heterocycles. The Morgan fingerprint density at radius 1 is 0.826 bits per heavy atom. The van der Waals surface area contributed by atoms with Crippen LogP contribution in [0.3, 0.4) is 0 Å². The maximum atomic E-state index is 13.8. The molecule has 0 bridgehead atoms. The number of aryl methyl sites for hydroxylation is 1. The molecular formula is C36H40N4O5S. The average molecular weight is 641 g/mol. The summed E-state index contributed by atoms with van der Waals surface area (Å²) in [6.45, 7) is 4.11. The van der Waals surface area contributed by atoms with Gasteiger partial charge in [-0.25, -0.2) is 13.1 Å². The van der Waals surface area contributed by atoms with Crippen LogP contribution < -0.4 is 21.1 Å². The van der Waals surface area contributed by atoms with Crippen LogP contribution >= 0.6 is 0 Å². The van der Waals surface area contributed by atoms with E-state index in [2.05, 4.69) is 15.4 Å². The Morgan fingerprint density at radius 3 is 2.30 bits per heavy atom. The van der Waals surface area contributed by atoms with E-state index in [9.17, 15) is 18.0 Å². The molecular weight excluding hydrogens is 600 g/mol. The van der Waals surface area contributed by atoms with Crippen molar-refractivity contribution in [3.63, 3.8) is 0 Å². The summed E-state index contributed by atoms with van der Waals surface area (Å²) in [4.78, 5) is 27.0. The second-order valence-corrected chi connectivity index (χ2v) is 13.3. The quantitative estimate of drug-likeness (QED) is 0.130. The third-order valence-electron chi connectivity index (χ3n) is 8.36. The largest absolute Gasteiger partial charge is 0.456 e. The summed E-state index contributed by atoms with van der Waals surface area (Å²) >= 11 is 0. The first-order valence-electron chi connectivity index (χ1n) is 15.5. The lowest BCUT2D eigenvalue weighted by atomic mass is 9.96. The Kier molecular flexibility index (Phi) is 10.5. The smallest absolute Gasteiger partial charge is 0.251 e. The number of carbonyl (C=O) groups excluding carboxylic acids is 2. The van der Waals surface area contributed by atoms with Crippen molar-refractivity contribution in [3.05, 3.63) is 114 Å². The van der Waals surface area contributed by atoms with E-state index in [1.54, 1.807) is 30.3 Å². The number of amides is 2. The molecule has 240 valence electrons. The third-order valence-corrected chi connectivity index (χ3v) is 9.78. The number of carbonyl (C=O) groups is 2. The lowest BCUT2D eigenvalue weighted by Gasteiger charge is -2.27. The fourth-order valence-corrected chi connectivity index (χ4v) is 6.54. The Hall–Kier alpha value is -4.51. The molecule has 5 aromatic rings. The number of hydrogen-bond donors (Lipinski definition) is 4. The predicted octanol–water partition coefficient (Wildman–Crippen LogP) is 5.29. The number of hydrogen-bond acceptors (Lipinski definition) is 6. The van der Waals surface area contributed by atoms with Crippen molar-refractivity contribution in [1.82, 2.24) is 15.4 Å². The van der Waals surface area contributed by atoms with Gasteiger partial charge in [-0.1, -0.05) is 80.9 Å². The van der Waals surface area contributed by atoms with Gasteiger partial charge in [0.2, 0.25) is 15.9 Å². The number of fused-ring (bicyclic) bond motifs is 3. The van der Waals surface area contributed by atoms with E-state index < -0.39 is 22.1 Å². The molecule has 0 unspecified atom stereocenters. The molecule has 5 rings (SSSR count). The summed E-state index contributed by atoms with van der Waals surface area (Å²) in [7, 11) is -3.94. The van der Waals surface area contributed by atoms with Gasteiger partial charge in [0, 0.05) is 35.5 Å². The summed E-state index contributed by atoms with van der Waals surface area (Å²) in [5, 5.41) is 7.48. The van der Waals surface area contributed by atoms with Gasteiger partial charge in [0.05, 0.1) is 4.90 Å². The molecule has 0 fully saturated rings. The topological polar surface area (TPSA) is 144 Å². The van der Waals surface area contributed by atoms with E-state index in [-0.39, 0.29) is 29.2 Å². The van der Waals surface area contributed by atoms with E-state index >= 15 is 0 Å². The highest BCUT2D eigenvalue weighted by molar-refractivity contribution is 7.89. The van der Waals surface area contributed by atoms with Crippen molar-refractivity contribution in [2.45, 2.75) is 56.6 Å². The van der Waals surface area contributed by atoms with Crippen molar-refractivity contribution in [3.8, 4) is 0 Å². The molecule has 0 aliphatic rings. The first kappa shape index (κ1) is 32.9. The number of benzene rings is 4. The zero-order chi connectivity index (χ0) is 32.7. The minimum Gasteiger partial charge on any atom is -0.456 e. The van der Waals surface area contributed by atoms with Crippen molar-refractivity contribution in [2.24, 2.45) is 11.7 Å². The lowest BCUT2D eigenvalue weighted by Crippen LogP contribution is -2.54. The van der Waals surface area contributed by atoms with Crippen molar-refractivity contribution in [2.75, 3.05) is 6.54 Å². The molecule has 0 saturated heterocycles. The Morgan fingerprint density at radius 2 is 1.54 bits per heavy atom. The second kappa shape index (κ2) is 14.7. The number of furan rings is 1. The monoisotopic (exact) mass is 640 g/mol. The van der Waals surface area contributed by atoms with E-state index in [0.29, 0.717) is 47.9 Å². The summed E-state index contributed by atoms with van der Waals surface area (Å²) in [5.74, 6) is -0.926. The summed E-state index contributed by atoms with van der Waals surface area (Å²) in [5.41, 5.74) is 9.32. The number of nitrogens with one attached hydrogen (secondary N) is 3. The van der Waals surface area contributed by atoms with Gasteiger partial charge in [-0.05, 0) is 66.3 Å². The zero-order valence-corrected chi connectivity index (χ0v) is 26.8. The van der Waals surface area contributed by atoms with Gasteiger partial charge in [0.25, 0.3) is 5.91 Å². The predicted molar refractivity (Wildman–Crippen MR) is 181 cm³/mol. The first-order chi connectivity index (χ1) is 22.2. The van der Waals surface area contributed by atoms with Crippen LogP contribution in [0.1, 0.15) is 48.2 Å². The molecule has 5 N–H and O–H groups in total. The van der Waals surface area contributed by atoms with Crippen molar-refractivity contribution in [1.29, 1.82) is 0 Å². The van der Waals surface area contributed by atoms with Crippen LogP contribution in [0, 0.1) is 5.92 Å². The maximum Gasteiger partial charge on any atom is 0.251 e. The second-order valence-electron chi connectivity index (χ2n) is 11.6. The van der Waals surface area contributed by atoms with E-state index in [1.807, 2.05) is 74.5 Å². The van der Waals surface area contributed by atoms with Gasteiger partial charge in [0.1, 0.15) is 17.2 Å². The molecule has 0 spiro atoms. The fraction of sp³-hybridized carbons (Fsp3) is 0.278. The molecule has 0 saturated carbocycles. The van der Waals surface area contributed by atoms with Gasteiger partial charge in [-0.15, -0.1) is 0 Å². The molecule has 0 radical (unpaired) electrons. The molecule has 10 heteroatoms. The SMILES string of the molecule is CC[C@H](C)[C@H](NC(=O)c1cccc(CN)c1)C(=O)N[C@@H](CCc1ccccc1)CNS(=O)(=O)c1ccc2oc3ccccc3c2c1. The van der Waals surface area contributed by atoms with E-state index in [1.165, 1.54) is 6.07 Å². The maximum absolute atomic E-state index is 13.8. The normalized spacial score (nSPS) is 13.7. The highest BCUT2D eigenvalue weighted by Crippen LogP contribution is 2.30. The van der Waals surface area contributed by atoms with Crippen LogP contribution in [0.15, 0.2) is 106 Å². The number of nitrogens with two attached hydrogens (primary N) is 1. The van der Waals surface area contributed by atoms with Gasteiger partial charge >= 0.3 is 0 Å². The molecule has 46 heavy (non-hydrogen) atoms. The van der Waals surface area contributed by atoms with E-state index in [0.717, 1.165) is 16.5 Å². The van der Waals surface area contributed by atoms with Gasteiger partial charge in [-0.3, -0.25) is 9.59 Å². The molecule has 4 aromatic carbocycles. The summed E-state index contributed by atoms with van der Waals surface area (Å²) in [6.07, 6.45) is 1.74. The highest BCUT2D eigenvalue weighted by atomic mass is 32.2. The molecule has 9 nitrogen and oxygen atoms in total. The zero-order valence-electron chi connectivity index (χ0n) is 26.0. The molecule has 2 amide bonds. The molecule has 0 aliphatic heterocycles. The van der Waals surface area contributed by atoms with Crippen molar-refractivity contribution < 1.29 is 22.4 Å². The number of sulfonamides is 1. The number of rotatable bonds is 14. The van der Waals surface area contributed by atoms with Gasteiger partial charge < -0.3 is 20.8 Å². The first-order valence-corrected chi connectivity index (χ1v) is 17.0. The third kappa shape index (κ3) is 7.82. The minimum atomic E-state index is -3.94. The highest BCUT2D eigenvalue weighted by Gasteiger charge is 2.29. The van der Waals surface area contributed by atoms with Crippen LogP contribution in [-0.4, -0.2) is 38.9 Å². The standard InChI is InChI=1S/C36H40N4O5S/c1-3-24(2)34(40-35(41)27-13-9-12-26(20-27)22-37)36(42)39-28(17-16-25-10-5-4-6-11-25)23-38-46(43,44)29-18-19-33-31(21-29)30-14-7-8-15-32(30)45-33/h4-15,18-21,24,28,34,38H,3,16-17,22-23,37H2,1-2H3,(H,39,42)(H,40,41)/t24-,28-,34-/m0/s1. The van der Waals surface area contributed by atoms with Crippen LogP contribution in [0.5, 0.6) is 0 Å². The number of para-hydroxylation sites is 1. The van der Waals surface area contributed by atoms with Crippen LogP contribution in [0.2, 0.25) is 0 Å². The average Bonchev–Trinajstić information content (AvgIpc) is 3.46. The molecule has 0 aliphatic carbocycles. The Labute approximate surface area is 269 Å². The van der Waals surface area contributed by atoms with Gasteiger partial charge in [0.15, 0.2) is 0 Å². The van der Waals surface area contributed by atoms with Crippen LogP contribution in [-0.2, 0) is 27.8 Å². The fourth-order valence-electron chi connectivity index (χ4n) is 5.43. The molecule has 3 atom stereocenters. The van der Waals surface area contributed by atoms with E-state index in [4.69, 9.17) is 10.2 Å². The Bertz CT molecular complexity index is 1920. The van der Waals surface area contributed by atoms with Gasteiger partial charge in [-0.2, -0.15) is 0 Å². The van der Waals surface area contributed by atoms with Crippen LogP contribution in [0.25, 0.3) is 21.9 Å². The lowest BCUT2D eigenvalue weighted by molar-refractivity contribution is -0.124. The summed E-state index contributed by atoms with van der Waals surface area (Å²) in [6, 6.07) is 27.6. The molecule has 1 heterocycles. The Balaban J connectivity index is 1.34. The minimum absolute atomic E-state index is 0.0369.